The van der Waals surface area contributed by atoms with Crippen LogP contribution in [0.3, 0.4) is 0 Å². The highest BCUT2D eigenvalue weighted by molar-refractivity contribution is 6.37. The van der Waals surface area contributed by atoms with Crippen molar-refractivity contribution in [3.8, 4) is 22.8 Å². The first-order chi connectivity index (χ1) is 13.8. The van der Waals surface area contributed by atoms with E-state index in [1.165, 1.54) is 5.56 Å². The van der Waals surface area contributed by atoms with Crippen LogP contribution in [0.15, 0.2) is 72.8 Å². The van der Waals surface area contributed by atoms with Gasteiger partial charge in [-0.05, 0) is 57.3 Å². The van der Waals surface area contributed by atoms with Gasteiger partial charge in [-0.25, -0.2) is 0 Å². The van der Waals surface area contributed by atoms with E-state index in [1.807, 2.05) is 48.5 Å². The van der Waals surface area contributed by atoms with Gasteiger partial charge in [-0.1, -0.05) is 80.4 Å². The van der Waals surface area contributed by atoms with E-state index in [-0.39, 0.29) is 5.41 Å². The van der Waals surface area contributed by atoms with Gasteiger partial charge in [0.15, 0.2) is 0 Å². The van der Waals surface area contributed by atoms with Crippen LogP contribution in [-0.2, 0) is 5.41 Å². The molecule has 0 N–H and O–H groups in total. The molecule has 6 heteroatoms. The molecule has 4 nitrogen and oxygen atoms in total. The number of tetrazole rings is 1. The number of nitrogens with zero attached hydrogens (tertiary/aromatic N) is 4. The number of hydrogen-bond donors (Lipinski definition) is 0. The molecule has 0 aliphatic rings. The van der Waals surface area contributed by atoms with Crippen molar-refractivity contribution >= 4 is 23.2 Å². The van der Waals surface area contributed by atoms with Crippen molar-refractivity contribution in [3.63, 3.8) is 0 Å². The summed E-state index contributed by atoms with van der Waals surface area (Å²) in [4.78, 5) is 3.35. The average molecular weight is 424 g/mol. The minimum absolute atomic E-state index is 0.0837. The maximum atomic E-state index is 6.46. The maximum absolute atomic E-state index is 6.46. The van der Waals surface area contributed by atoms with Crippen molar-refractivity contribution in [1.29, 1.82) is 0 Å². The number of aromatic nitrogens is 4. The zero-order valence-corrected chi connectivity index (χ0v) is 18.0. The van der Waals surface area contributed by atoms with Crippen molar-refractivity contribution < 1.29 is 4.80 Å². The molecular formula is C23H21Cl2N4+. The van der Waals surface area contributed by atoms with Crippen molar-refractivity contribution in [1.82, 2.24) is 15.0 Å². The summed E-state index contributed by atoms with van der Waals surface area (Å²) >= 11 is 12.9. The summed E-state index contributed by atoms with van der Waals surface area (Å²) in [5.74, 6) is 0.588. The zero-order valence-electron chi connectivity index (χ0n) is 16.5. The lowest BCUT2D eigenvalue weighted by molar-refractivity contribution is -0.734. The molecule has 0 radical (unpaired) electrons. The fraction of sp³-hybridized carbons (Fsp3) is 0.174. The third kappa shape index (κ3) is 3.91. The van der Waals surface area contributed by atoms with Crippen LogP contribution in [0.4, 0.5) is 0 Å². The Labute approximate surface area is 180 Å². The Morgan fingerprint density at radius 3 is 2.00 bits per heavy atom. The van der Waals surface area contributed by atoms with E-state index >= 15 is 0 Å². The highest BCUT2D eigenvalue weighted by Crippen LogP contribution is 2.27. The SMILES string of the molecule is CC(C)(C)c1ccc(-c2nn(-c3ccccc3)[n+](-c3c(Cl)cccc3Cl)n2)cc1. The van der Waals surface area contributed by atoms with Crippen LogP contribution in [0.1, 0.15) is 26.3 Å². The fourth-order valence-electron chi connectivity index (χ4n) is 3.07. The molecule has 1 heterocycles. The Hall–Kier alpha value is -2.69. The van der Waals surface area contributed by atoms with Gasteiger partial charge in [0.2, 0.25) is 5.69 Å². The summed E-state index contributed by atoms with van der Waals surface area (Å²) in [7, 11) is 0. The van der Waals surface area contributed by atoms with Gasteiger partial charge in [0, 0.05) is 4.80 Å². The van der Waals surface area contributed by atoms with Gasteiger partial charge in [-0.3, -0.25) is 0 Å². The Balaban J connectivity index is 1.89. The van der Waals surface area contributed by atoms with Gasteiger partial charge >= 0.3 is 5.82 Å². The monoisotopic (exact) mass is 423 g/mol. The van der Waals surface area contributed by atoms with E-state index < -0.39 is 0 Å². The third-order valence-electron chi connectivity index (χ3n) is 4.69. The van der Waals surface area contributed by atoms with Crippen molar-refractivity contribution in [2.75, 3.05) is 0 Å². The minimum Gasteiger partial charge on any atom is -0.0794 e. The van der Waals surface area contributed by atoms with E-state index in [9.17, 15) is 0 Å². The Morgan fingerprint density at radius 1 is 0.793 bits per heavy atom. The summed E-state index contributed by atoms with van der Waals surface area (Å²) in [5, 5.41) is 10.5. The van der Waals surface area contributed by atoms with Crippen LogP contribution in [0.25, 0.3) is 22.8 Å². The molecule has 0 bridgehead atoms. The van der Waals surface area contributed by atoms with Crippen LogP contribution in [0, 0.1) is 0 Å². The molecule has 0 unspecified atom stereocenters. The molecule has 0 saturated carbocycles. The molecule has 4 rings (SSSR count). The standard InChI is InChI=1S/C23H21Cl2N4/c1-23(2,3)17-14-12-16(13-15-17)22-26-28(18-8-5-4-6-9-18)29(27-22)21-19(24)10-7-11-20(21)25/h4-15H,1-3H3/q+1. The van der Waals surface area contributed by atoms with Gasteiger partial charge in [0.25, 0.3) is 0 Å². The lowest BCUT2D eigenvalue weighted by Gasteiger charge is -2.18. The molecule has 0 aliphatic heterocycles. The quantitative estimate of drug-likeness (QED) is 0.389. The predicted octanol–water partition coefficient (Wildman–Crippen LogP) is 5.82. The number of halogens is 2. The van der Waals surface area contributed by atoms with E-state index in [4.69, 9.17) is 33.4 Å². The summed E-state index contributed by atoms with van der Waals surface area (Å²) in [6.45, 7) is 6.58. The van der Waals surface area contributed by atoms with E-state index in [1.54, 1.807) is 21.7 Å². The number of rotatable bonds is 3. The topological polar surface area (TPSA) is 34.6 Å². The Bertz CT molecular complexity index is 1120. The summed E-state index contributed by atoms with van der Waals surface area (Å²) in [5.41, 5.74) is 3.70. The molecule has 0 saturated heterocycles. The Kier molecular flexibility index (Phi) is 5.15. The molecule has 4 aromatic rings. The van der Waals surface area contributed by atoms with Crippen molar-refractivity contribution in [3.05, 3.63) is 88.4 Å². The van der Waals surface area contributed by atoms with Crippen LogP contribution in [0.2, 0.25) is 10.0 Å². The minimum atomic E-state index is 0.0837. The van der Waals surface area contributed by atoms with E-state index in [0.717, 1.165) is 11.3 Å². The molecule has 0 aliphatic carbocycles. The number of hydrogen-bond acceptors (Lipinski definition) is 2. The molecule has 1 aromatic heterocycles. The second-order valence-corrected chi connectivity index (χ2v) is 8.65. The summed E-state index contributed by atoms with van der Waals surface area (Å²) in [6.07, 6.45) is 0. The first-order valence-electron chi connectivity index (χ1n) is 9.35. The van der Waals surface area contributed by atoms with Crippen molar-refractivity contribution in [2.45, 2.75) is 26.2 Å². The van der Waals surface area contributed by atoms with Crippen LogP contribution in [0.5, 0.6) is 0 Å². The number of benzene rings is 3. The second-order valence-electron chi connectivity index (χ2n) is 7.84. The van der Waals surface area contributed by atoms with Crippen LogP contribution < -0.4 is 4.80 Å². The predicted molar refractivity (Wildman–Crippen MR) is 117 cm³/mol. The van der Waals surface area contributed by atoms with E-state index in [0.29, 0.717) is 21.6 Å². The molecule has 0 fully saturated rings. The van der Waals surface area contributed by atoms with Crippen molar-refractivity contribution in [2.24, 2.45) is 0 Å². The summed E-state index contributed by atoms with van der Waals surface area (Å²) in [6, 6.07) is 23.5. The molecule has 3 aromatic carbocycles. The van der Waals surface area contributed by atoms with Gasteiger partial charge in [-0.2, -0.15) is 0 Å². The summed E-state index contributed by atoms with van der Waals surface area (Å²) < 4.78 is 0. The van der Waals surface area contributed by atoms with Crippen LogP contribution >= 0.6 is 23.2 Å². The second kappa shape index (κ2) is 7.62. The molecule has 0 atom stereocenters. The lowest BCUT2D eigenvalue weighted by atomic mass is 9.87. The maximum Gasteiger partial charge on any atom is 0.340 e. The number of para-hydroxylation sites is 2. The van der Waals surface area contributed by atoms with E-state index in [2.05, 4.69) is 32.9 Å². The highest BCUT2D eigenvalue weighted by atomic mass is 35.5. The van der Waals surface area contributed by atoms with Gasteiger partial charge in [0.1, 0.15) is 5.69 Å². The van der Waals surface area contributed by atoms with Gasteiger partial charge < -0.3 is 0 Å². The first-order valence-corrected chi connectivity index (χ1v) is 10.1. The largest absolute Gasteiger partial charge is 0.340 e. The smallest absolute Gasteiger partial charge is 0.0794 e. The molecule has 0 amide bonds. The zero-order chi connectivity index (χ0) is 20.6. The highest BCUT2D eigenvalue weighted by Gasteiger charge is 2.27. The molecule has 0 spiro atoms. The first kappa shape index (κ1) is 19.6. The average Bonchev–Trinajstić information content (AvgIpc) is 3.13. The molecule has 29 heavy (non-hydrogen) atoms. The normalized spacial score (nSPS) is 11.6. The Morgan fingerprint density at radius 2 is 1.41 bits per heavy atom. The molecule has 146 valence electrons. The van der Waals surface area contributed by atoms with Crippen LogP contribution in [-0.4, -0.2) is 15.0 Å². The lowest BCUT2D eigenvalue weighted by Crippen LogP contribution is -2.43. The van der Waals surface area contributed by atoms with Gasteiger partial charge in [-0.15, -0.1) is 0 Å². The fourth-order valence-corrected chi connectivity index (χ4v) is 3.62. The molecular weight excluding hydrogens is 403 g/mol. The van der Waals surface area contributed by atoms with Gasteiger partial charge in [0.05, 0.1) is 20.7 Å². The third-order valence-corrected chi connectivity index (χ3v) is 5.30.